The van der Waals surface area contributed by atoms with E-state index in [0.717, 1.165) is 31.3 Å². The Morgan fingerprint density at radius 2 is 1.90 bits per heavy atom. The van der Waals surface area contributed by atoms with Crippen molar-refractivity contribution in [3.05, 3.63) is 11.8 Å². The first-order valence-corrected chi connectivity index (χ1v) is 7.73. The first-order valence-electron chi connectivity index (χ1n) is 7.73. The molecule has 0 amide bonds. The van der Waals surface area contributed by atoms with Gasteiger partial charge in [-0.3, -0.25) is 5.41 Å². The molecule has 0 aromatic heterocycles. The van der Waals surface area contributed by atoms with E-state index >= 15 is 0 Å². The molecule has 0 aromatic rings. The molecule has 0 radical (unpaired) electrons. The van der Waals surface area contributed by atoms with Crippen LogP contribution in [0.1, 0.15) is 46.5 Å². The van der Waals surface area contributed by atoms with E-state index in [0.29, 0.717) is 25.3 Å². The zero-order chi connectivity index (χ0) is 15.9. The lowest BCUT2D eigenvalue weighted by molar-refractivity contribution is 0.0601. The van der Waals surface area contributed by atoms with Crippen molar-refractivity contribution in [2.24, 2.45) is 11.1 Å². The van der Waals surface area contributed by atoms with Gasteiger partial charge in [-0.15, -0.1) is 0 Å². The Hall–Kier alpha value is -1.07. The summed E-state index contributed by atoms with van der Waals surface area (Å²) in [6.07, 6.45) is 6.24. The van der Waals surface area contributed by atoms with Crippen molar-refractivity contribution in [1.82, 2.24) is 5.32 Å². The fourth-order valence-corrected chi connectivity index (χ4v) is 2.41. The third-order valence-electron chi connectivity index (χ3n) is 3.81. The van der Waals surface area contributed by atoms with Gasteiger partial charge in [-0.1, -0.05) is 13.8 Å². The van der Waals surface area contributed by atoms with Crippen LogP contribution in [-0.4, -0.2) is 38.3 Å². The summed E-state index contributed by atoms with van der Waals surface area (Å²) >= 11 is 0. The van der Waals surface area contributed by atoms with Gasteiger partial charge in [-0.25, -0.2) is 0 Å². The molecule has 0 atom stereocenters. The first kappa shape index (κ1) is 18.0. The molecule has 122 valence electrons. The van der Waals surface area contributed by atoms with Gasteiger partial charge in [-0.2, -0.15) is 0 Å². The topological polar surface area (TPSA) is 80.4 Å². The highest BCUT2D eigenvalue weighted by Gasteiger charge is 2.20. The number of hydrogen-bond acceptors (Lipinski definition) is 5. The van der Waals surface area contributed by atoms with E-state index in [2.05, 4.69) is 19.2 Å². The quantitative estimate of drug-likeness (QED) is 0.498. The molecule has 5 nitrogen and oxygen atoms in total. The molecule has 0 bridgehead atoms. The molecule has 0 aliphatic heterocycles. The second kappa shape index (κ2) is 8.39. The summed E-state index contributed by atoms with van der Waals surface area (Å²) in [6.45, 7) is 7.11. The maximum Gasteiger partial charge on any atom is 0.210 e. The molecule has 0 heterocycles. The zero-order valence-electron chi connectivity index (χ0n) is 13.9. The van der Waals surface area contributed by atoms with E-state index in [9.17, 15) is 0 Å². The van der Waals surface area contributed by atoms with E-state index < -0.39 is 0 Å². The highest BCUT2D eigenvalue weighted by molar-refractivity contribution is 5.90. The minimum absolute atomic E-state index is 0.0890. The van der Waals surface area contributed by atoms with Crippen molar-refractivity contribution in [1.29, 1.82) is 5.41 Å². The number of hydrogen-bond donors (Lipinski definition) is 3. The summed E-state index contributed by atoms with van der Waals surface area (Å²) < 4.78 is 10.7. The lowest BCUT2D eigenvalue weighted by Crippen LogP contribution is -2.35. The van der Waals surface area contributed by atoms with Crippen LogP contribution in [0.5, 0.6) is 0 Å². The second-order valence-corrected chi connectivity index (χ2v) is 6.82. The van der Waals surface area contributed by atoms with Gasteiger partial charge >= 0.3 is 0 Å². The predicted molar refractivity (Wildman–Crippen MR) is 86.5 cm³/mol. The Labute approximate surface area is 128 Å². The molecule has 0 spiro atoms. The van der Waals surface area contributed by atoms with Gasteiger partial charge in [0, 0.05) is 36.4 Å². The average molecular weight is 297 g/mol. The molecule has 0 unspecified atom stereocenters. The second-order valence-electron chi connectivity index (χ2n) is 6.82. The molecule has 1 fully saturated rings. The fourth-order valence-electron chi connectivity index (χ4n) is 2.41. The number of ether oxygens (including phenoxy) is 2. The van der Waals surface area contributed by atoms with Gasteiger partial charge in [0.15, 0.2) is 0 Å². The van der Waals surface area contributed by atoms with Crippen LogP contribution >= 0.6 is 0 Å². The van der Waals surface area contributed by atoms with Crippen LogP contribution < -0.4 is 11.1 Å². The molecular formula is C16H31N3O2. The number of methoxy groups -OCH3 is 1. The monoisotopic (exact) mass is 297 g/mol. The standard InChI is InChI=1S/C16H31N3O2/c1-12(9-19-14-7-5-13(17)6-8-14)15(18)21-11-16(2,3)10-20-4/h9,13-14,18-19H,5-8,10-11,17H2,1-4H3/b12-9-,18-15?/t13-,14-. The van der Waals surface area contributed by atoms with Gasteiger partial charge in [0.1, 0.15) is 0 Å². The van der Waals surface area contributed by atoms with Crippen LogP contribution in [-0.2, 0) is 9.47 Å². The molecule has 4 N–H and O–H groups in total. The largest absolute Gasteiger partial charge is 0.477 e. The van der Waals surface area contributed by atoms with Crippen molar-refractivity contribution < 1.29 is 9.47 Å². The van der Waals surface area contributed by atoms with Crippen LogP contribution in [0.15, 0.2) is 11.8 Å². The maximum atomic E-state index is 7.96. The molecule has 1 aliphatic carbocycles. The minimum Gasteiger partial charge on any atom is -0.477 e. The maximum absolute atomic E-state index is 7.96. The molecular weight excluding hydrogens is 266 g/mol. The Kier molecular flexibility index (Phi) is 7.18. The Morgan fingerprint density at radius 1 is 1.29 bits per heavy atom. The van der Waals surface area contributed by atoms with Gasteiger partial charge in [0.05, 0.1) is 13.2 Å². The molecule has 1 saturated carbocycles. The van der Waals surface area contributed by atoms with Crippen LogP contribution in [0, 0.1) is 10.8 Å². The number of nitrogens with two attached hydrogens (primary N) is 1. The molecule has 5 heteroatoms. The number of rotatable bonds is 7. The van der Waals surface area contributed by atoms with Crippen molar-refractivity contribution in [2.75, 3.05) is 20.3 Å². The highest BCUT2D eigenvalue weighted by Crippen LogP contribution is 2.18. The van der Waals surface area contributed by atoms with Gasteiger partial charge in [0.25, 0.3) is 0 Å². The van der Waals surface area contributed by atoms with Gasteiger partial charge < -0.3 is 20.5 Å². The Bertz CT molecular complexity index is 359. The van der Waals surface area contributed by atoms with E-state index in [-0.39, 0.29) is 11.3 Å². The molecule has 21 heavy (non-hydrogen) atoms. The summed E-state index contributed by atoms with van der Waals surface area (Å²) in [5.41, 5.74) is 6.63. The average Bonchev–Trinajstić information content (AvgIpc) is 2.44. The third-order valence-corrected chi connectivity index (χ3v) is 3.81. The van der Waals surface area contributed by atoms with E-state index in [1.165, 1.54) is 0 Å². The van der Waals surface area contributed by atoms with E-state index in [1.807, 2.05) is 13.1 Å². The molecule has 1 aliphatic rings. The van der Waals surface area contributed by atoms with Crippen molar-refractivity contribution in [2.45, 2.75) is 58.5 Å². The van der Waals surface area contributed by atoms with Gasteiger partial charge in [0.2, 0.25) is 5.90 Å². The molecule has 1 rings (SSSR count). The summed E-state index contributed by atoms with van der Waals surface area (Å²) in [5.74, 6) is 0.221. The third kappa shape index (κ3) is 6.96. The van der Waals surface area contributed by atoms with Crippen LogP contribution in [0.3, 0.4) is 0 Å². The normalized spacial score (nSPS) is 23.8. The molecule has 0 aromatic carbocycles. The first-order chi connectivity index (χ1) is 9.84. The Morgan fingerprint density at radius 3 is 2.48 bits per heavy atom. The summed E-state index contributed by atoms with van der Waals surface area (Å²) in [7, 11) is 1.68. The van der Waals surface area contributed by atoms with E-state index in [4.69, 9.17) is 20.6 Å². The smallest absolute Gasteiger partial charge is 0.210 e. The molecule has 0 saturated heterocycles. The number of nitrogens with one attached hydrogen (secondary N) is 2. The predicted octanol–water partition coefficient (Wildman–Crippen LogP) is 2.42. The summed E-state index contributed by atoms with van der Waals surface area (Å²) in [5, 5.41) is 11.3. The van der Waals surface area contributed by atoms with Crippen molar-refractivity contribution in [3.63, 3.8) is 0 Å². The Balaban J connectivity index is 2.34. The highest BCUT2D eigenvalue weighted by atomic mass is 16.5. The van der Waals surface area contributed by atoms with Crippen molar-refractivity contribution >= 4 is 5.90 Å². The lowest BCUT2D eigenvalue weighted by Gasteiger charge is -2.26. The van der Waals surface area contributed by atoms with Crippen molar-refractivity contribution in [3.8, 4) is 0 Å². The van der Waals surface area contributed by atoms with Gasteiger partial charge in [-0.05, 0) is 32.6 Å². The van der Waals surface area contributed by atoms with Crippen LogP contribution in [0.25, 0.3) is 0 Å². The lowest BCUT2D eigenvalue weighted by atomic mass is 9.92. The minimum atomic E-state index is -0.0890. The fraction of sp³-hybridized carbons (Fsp3) is 0.812. The van der Waals surface area contributed by atoms with Crippen LogP contribution in [0.4, 0.5) is 0 Å². The van der Waals surface area contributed by atoms with E-state index in [1.54, 1.807) is 7.11 Å². The van der Waals surface area contributed by atoms with Crippen LogP contribution in [0.2, 0.25) is 0 Å². The summed E-state index contributed by atoms with van der Waals surface area (Å²) in [4.78, 5) is 0. The SMILES string of the molecule is COCC(C)(C)COC(=N)/C(C)=C\N[C@H]1CC[C@H](N)CC1. The zero-order valence-corrected chi connectivity index (χ0v) is 13.9. The summed E-state index contributed by atoms with van der Waals surface area (Å²) in [6, 6.07) is 0.829.